The van der Waals surface area contributed by atoms with Crippen molar-refractivity contribution in [1.82, 2.24) is 5.32 Å². The van der Waals surface area contributed by atoms with E-state index in [4.69, 9.17) is 0 Å². The molecule has 1 N–H and O–H groups in total. The van der Waals surface area contributed by atoms with Crippen LogP contribution in [0.3, 0.4) is 0 Å². The van der Waals surface area contributed by atoms with Crippen LogP contribution in [0.2, 0.25) is 0 Å². The molecule has 96 valence electrons. The Morgan fingerprint density at radius 1 is 1.44 bits per heavy atom. The Bertz CT molecular complexity index is 522. The number of rotatable bonds is 4. The molecular formula is C14H16BrNS2. The van der Waals surface area contributed by atoms with E-state index in [0.29, 0.717) is 6.04 Å². The lowest BCUT2D eigenvalue weighted by Crippen LogP contribution is -2.16. The van der Waals surface area contributed by atoms with Gasteiger partial charge in [-0.25, -0.2) is 0 Å². The fraction of sp³-hybridized carbons (Fsp3) is 0.429. The maximum absolute atomic E-state index is 3.62. The first kappa shape index (κ1) is 12.9. The van der Waals surface area contributed by atoms with E-state index < -0.39 is 0 Å². The lowest BCUT2D eigenvalue weighted by Gasteiger charge is -2.12. The van der Waals surface area contributed by atoms with Crippen molar-refractivity contribution >= 4 is 38.6 Å². The largest absolute Gasteiger partial charge is 0.305 e. The summed E-state index contributed by atoms with van der Waals surface area (Å²) in [5.41, 5.74) is 1.60. The van der Waals surface area contributed by atoms with Gasteiger partial charge in [-0.2, -0.15) is 0 Å². The van der Waals surface area contributed by atoms with Gasteiger partial charge < -0.3 is 5.32 Å². The predicted octanol–water partition coefficient (Wildman–Crippen LogP) is 4.91. The van der Waals surface area contributed by atoms with E-state index in [1.54, 1.807) is 10.4 Å². The van der Waals surface area contributed by atoms with Crippen LogP contribution >= 0.6 is 38.6 Å². The van der Waals surface area contributed by atoms with Gasteiger partial charge in [0.1, 0.15) is 0 Å². The number of hydrogen-bond donors (Lipinski definition) is 1. The van der Waals surface area contributed by atoms with Crippen molar-refractivity contribution in [3.8, 4) is 0 Å². The van der Waals surface area contributed by atoms with Crippen LogP contribution in [-0.4, -0.2) is 0 Å². The molecule has 2 aromatic rings. The standard InChI is InChI=1S/C14H16BrNS2/c1-9(14-12(15)5-6-17-14)16-8-11-7-10-3-2-4-13(10)18-11/h5-7,9,16H,2-4,8H2,1H3. The van der Waals surface area contributed by atoms with Crippen molar-refractivity contribution in [3.05, 3.63) is 42.2 Å². The van der Waals surface area contributed by atoms with E-state index in [1.165, 1.54) is 33.5 Å². The summed E-state index contributed by atoms with van der Waals surface area (Å²) in [7, 11) is 0. The van der Waals surface area contributed by atoms with Crippen LogP contribution in [0, 0.1) is 0 Å². The van der Waals surface area contributed by atoms with Crippen LogP contribution in [-0.2, 0) is 19.4 Å². The van der Waals surface area contributed by atoms with Crippen molar-refractivity contribution in [1.29, 1.82) is 0 Å². The zero-order chi connectivity index (χ0) is 12.5. The van der Waals surface area contributed by atoms with Crippen molar-refractivity contribution in [3.63, 3.8) is 0 Å². The Morgan fingerprint density at radius 3 is 3.06 bits per heavy atom. The molecule has 1 unspecified atom stereocenters. The number of nitrogens with one attached hydrogen (secondary N) is 1. The zero-order valence-electron chi connectivity index (χ0n) is 10.3. The maximum Gasteiger partial charge on any atom is 0.0400 e. The summed E-state index contributed by atoms with van der Waals surface area (Å²) >= 11 is 7.41. The summed E-state index contributed by atoms with van der Waals surface area (Å²) in [5.74, 6) is 0. The Hall–Kier alpha value is -0.160. The summed E-state index contributed by atoms with van der Waals surface area (Å²) in [5, 5.41) is 5.76. The SMILES string of the molecule is CC(NCc1cc2c(s1)CCC2)c1sccc1Br. The Balaban J connectivity index is 1.62. The molecule has 1 aliphatic carbocycles. The smallest absolute Gasteiger partial charge is 0.0400 e. The van der Waals surface area contributed by atoms with Crippen molar-refractivity contribution in [2.45, 2.75) is 38.8 Å². The molecule has 18 heavy (non-hydrogen) atoms. The average molecular weight is 342 g/mol. The molecule has 0 aliphatic heterocycles. The molecule has 2 heterocycles. The summed E-state index contributed by atoms with van der Waals surface area (Å²) in [6.07, 6.45) is 3.94. The second-order valence-electron chi connectivity index (χ2n) is 4.75. The van der Waals surface area contributed by atoms with Gasteiger partial charge in [0.2, 0.25) is 0 Å². The van der Waals surface area contributed by atoms with Gasteiger partial charge in [-0.05, 0) is 65.2 Å². The van der Waals surface area contributed by atoms with E-state index in [1.807, 2.05) is 22.7 Å². The molecule has 0 spiro atoms. The van der Waals surface area contributed by atoms with E-state index in [2.05, 4.69) is 45.7 Å². The average Bonchev–Trinajstić information content (AvgIpc) is 3.00. The van der Waals surface area contributed by atoms with Gasteiger partial charge in [-0.1, -0.05) is 0 Å². The second-order valence-corrected chi connectivity index (χ2v) is 7.77. The van der Waals surface area contributed by atoms with Gasteiger partial charge in [-0.15, -0.1) is 22.7 Å². The van der Waals surface area contributed by atoms with E-state index >= 15 is 0 Å². The van der Waals surface area contributed by atoms with Gasteiger partial charge in [0.05, 0.1) is 0 Å². The minimum atomic E-state index is 0.413. The van der Waals surface area contributed by atoms with Gasteiger partial charge in [-0.3, -0.25) is 0 Å². The molecule has 2 aromatic heterocycles. The van der Waals surface area contributed by atoms with Crippen molar-refractivity contribution in [2.75, 3.05) is 0 Å². The van der Waals surface area contributed by atoms with Gasteiger partial charge in [0, 0.05) is 31.7 Å². The van der Waals surface area contributed by atoms with Crippen molar-refractivity contribution < 1.29 is 0 Å². The normalized spacial score (nSPS) is 15.9. The first-order valence-electron chi connectivity index (χ1n) is 6.31. The van der Waals surface area contributed by atoms with E-state index in [0.717, 1.165) is 6.54 Å². The fourth-order valence-electron chi connectivity index (χ4n) is 2.44. The highest BCUT2D eigenvalue weighted by Crippen LogP contribution is 2.32. The van der Waals surface area contributed by atoms with Crippen LogP contribution < -0.4 is 5.32 Å². The molecule has 0 saturated carbocycles. The molecule has 0 saturated heterocycles. The first-order valence-corrected chi connectivity index (χ1v) is 8.79. The lowest BCUT2D eigenvalue weighted by atomic mass is 10.2. The summed E-state index contributed by atoms with van der Waals surface area (Å²) < 4.78 is 1.22. The third kappa shape index (κ3) is 2.57. The molecule has 1 aliphatic rings. The lowest BCUT2D eigenvalue weighted by molar-refractivity contribution is 0.585. The molecule has 0 bridgehead atoms. The van der Waals surface area contributed by atoms with Crippen LogP contribution in [0.1, 0.15) is 39.6 Å². The fourth-order valence-corrected chi connectivity index (χ4v) is 5.40. The number of thiophene rings is 2. The number of aryl methyl sites for hydroxylation is 2. The van der Waals surface area contributed by atoms with E-state index in [-0.39, 0.29) is 0 Å². The topological polar surface area (TPSA) is 12.0 Å². The molecule has 1 nitrogen and oxygen atoms in total. The Labute approximate surface area is 124 Å². The highest BCUT2D eigenvalue weighted by molar-refractivity contribution is 9.10. The highest BCUT2D eigenvalue weighted by Gasteiger charge is 2.15. The third-order valence-corrected chi connectivity index (χ3v) is 6.71. The van der Waals surface area contributed by atoms with Gasteiger partial charge in [0.15, 0.2) is 0 Å². The van der Waals surface area contributed by atoms with Crippen LogP contribution in [0.4, 0.5) is 0 Å². The first-order chi connectivity index (χ1) is 8.74. The number of halogens is 1. The molecule has 1 atom stereocenters. The van der Waals surface area contributed by atoms with Crippen molar-refractivity contribution in [2.24, 2.45) is 0 Å². The predicted molar refractivity (Wildman–Crippen MR) is 83.6 cm³/mol. The summed E-state index contributed by atoms with van der Waals surface area (Å²) in [6.45, 7) is 3.22. The molecule has 0 fully saturated rings. The molecule has 3 rings (SSSR count). The molecule has 4 heteroatoms. The van der Waals surface area contributed by atoms with Crippen LogP contribution in [0.15, 0.2) is 22.0 Å². The van der Waals surface area contributed by atoms with Gasteiger partial charge in [0.25, 0.3) is 0 Å². The quantitative estimate of drug-likeness (QED) is 0.832. The van der Waals surface area contributed by atoms with Crippen LogP contribution in [0.25, 0.3) is 0 Å². The molecule has 0 radical (unpaired) electrons. The summed E-state index contributed by atoms with van der Waals surface area (Å²) in [6, 6.07) is 4.94. The Morgan fingerprint density at radius 2 is 2.33 bits per heavy atom. The minimum Gasteiger partial charge on any atom is -0.305 e. The minimum absolute atomic E-state index is 0.413. The number of fused-ring (bicyclic) bond motifs is 1. The monoisotopic (exact) mass is 341 g/mol. The number of hydrogen-bond acceptors (Lipinski definition) is 3. The third-order valence-electron chi connectivity index (χ3n) is 3.42. The second kappa shape index (κ2) is 5.45. The molecule has 0 amide bonds. The molecule has 0 aromatic carbocycles. The van der Waals surface area contributed by atoms with Gasteiger partial charge >= 0.3 is 0 Å². The molecular weight excluding hydrogens is 326 g/mol. The summed E-state index contributed by atoms with van der Waals surface area (Å²) in [4.78, 5) is 4.50. The highest BCUT2D eigenvalue weighted by atomic mass is 79.9. The maximum atomic E-state index is 3.62. The van der Waals surface area contributed by atoms with E-state index in [9.17, 15) is 0 Å². The Kier molecular flexibility index (Phi) is 3.89. The van der Waals surface area contributed by atoms with Crippen LogP contribution in [0.5, 0.6) is 0 Å². The zero-order valence-corrected chi connectivity index (χ0v) is 13.6.